The molecule has 1 heterocycles. The fourth-order valence-electron chi connectivity index (χ4n) is 1.66. The normalized spacial score (nSPS) is 9.93. The van der Waals surface area contributed by atoms with Gasteiger partial charge in [-0.25, -0.2) is 0 Å². The van der Waals surface area contributed by atoms with Crippen LogP contribution in [0.1, 0.15) is 11.1 Å². The molecule has 1 heteroatoms. The average Bonchev–Trinajstić information content (AvgIpc) is 2.30. The van der Waals surface area contributed by atoms with E-state index in [0.29, 0.717) is 0 Å². The average molecular weight is 195 g/mol. The molecule has 2 rings (SSSR count). The van der Waals surface area contributed by atoms with E-state index in [4.69, 9.17) is 0 Å². The van der Waals surface area contributed by atoms with Gasteiger partial charge in [0.2, 0.25) is 0 Å². The Hall–Kier alpha value is -1.89. The van der Waals surface area contributed by atoms with E-state index in [1.54, 1.807) is 0 Å². The Morgan fingerprint density at radius 3 is 2.67 bits per heavy atom. The fraction of sp³-hybridized carbons (Fsp3) is 0.0714. The number of pyridine rings is 1. The zero-order valence-corrected chi connectivity index (χ0v) is 8.77. The zero-order chi connectivity index (χ0) is 10.7. The van der Waals surface area contributed by atoms with Crippen molar-refractivity contribution in [3.8, 4) is 11.3 Å². The summed E-state index contributed by atoms with van der Waals surface area (Å²) >= 11 is 0. The molecule has 0 saturated carbocycles. The van der Waals surface area contributed by atoms with Crippen molar-refractivity contribution in [2.45, 2.75) is 6.92 Å². The lowest BCUT2D eigenvalue weighted by Crippen LogP contribution is -1.89. The van der Waals surface area contributed by atoms with Crippen molar-refractivity contribution in [1.29, 1.82) is 0 Å². The third kappa shape index (κ3) is 1.82. The summed E-state index contributed by atoms with van der Waals surface area (Å²) in [4.78, 5) is 4.41. The standard InChI is InChI=1S/C14H13N/c1-3-12-8-4-5-9-13(12)14-11(2)7-6-10-15-14/h3-10H,1H2,2H3. The summed E-state index contributed by atoms with van der Waals surface area (Å²) in [6.07, 6.45) is 3.69. The van der Waals surface area contributed by atoms with Gasteiger partial charge in [-0.3, -0.25) is 4.98 Å². The van der Waals surface area contributed by atoms with Crippen molar-refractivity contribution in [3.05, 3.63) is 60.3 Å². The first-order chi connectivity index (χ1) is 7.33. The summed E-state index contributed by atoms with van der Waals surface area (Å²) in [6, 6.07) is 12.2. The number of nitrogens with zero attached hydrogens (tertiary/aromatic N) is 1. The van der Waals surface area contributed by atoms with Crippen molar-refractivity contribution in [1.82, 2.24) is 4.98 Å². The molecule has 15 heavy (non-hydrogen) atoms. The van der Waals surface area contributed by atoms with Crippen LogP contribution in [0.3, 0.4) is 0 Å². The minimum absolute atomic E-state index is 1.04. The number of hydrogen-bond donors (Lipinski definition) is 0. The van der Waals surface area contributed by atoms with Gasteiger partial charge in [0.05, 0.1) is 5.69 Å². The second-order valence-electron chi connectivity index (χ2n) is 3.46. The van der Waals surface area contributed by atoms with E-state index < -0.39 is 0 Å². The maximum absolute atomic E-state index is 4.41. The van der Waals surface area contributed by atoms with Gasteiger partial charge < -0.3 is 0 Å². The van der Waals surface area contributed by atoms with Gasteiger partial charge in [0.15, 0.2) is 0 Å². The molecular weight excluding hydrogens is 182 g/mol. The van der Waals surface area contributed by atoms with Gasteiger partial charge >= 0.3 is 0 Å². The zero-order valence-electron chi connectivity index (χ0n) is 8.77. The molecule has 0 amide bonds. The van der Waals surface area contributed by atoms with Crippen molar-refractivity contribution < 1.29 is 0 Å². The first kappa shape index (κ1) is 9.66. The first-order valence-electron chi connectivity index (χ1n) is 4.96. The van der Waals surface area contributed by atoms with Crippen molar-refractivity contribution in [2.24, 2.45) is 0 Å². The number of rotatable bonds is 2. The Balaban J connectivity index is 2.64. The summed E-state index contributed by atoms with van der Waals surface area (Å²) in [5.41, 5.74) is 4.49. The third-order valence-corrected chi connectivity index (χ3v) is 2.45. The number of benzene rings is 1. The molecule has 0 unspecified atom stereocenters. The maximum atomic E-state index is 4.41. The van der Waals surface area contributed by atoms with Gasteiger partial charge in [-0.05, 0) is 24.1 Å². The molecule has 0 saturated heterocycles. The van der Waals surface area contributed by atoms with Crippen LogP contribution in [-0.2, 0) is 0 Å². The highest BCUT2D eigenvalue weighted by Crippen LogP contribution is 2.24. The minimum Gasteiger partial charge on any atom is -0.256 e. The quantitative estimate of drug-likeness (QED) is 0.712. The van der Waals surface area contributed by atoms with E-state index in [-0.39, 0.29) is 0 Å². The summed E-state index contributed by atoms with van der Waals surface area (Å²) in [6.45, 7) is 5.89. The van der Waals surface area contributed by atoms with Gasteiger partial charge in [0, 0.05) is 11.8 Å². The second kappa shape index (κ2) is 4.09. The Labute approximate surface area is 90.1 Å². The molecule has 0 atom stereocenters. The largest absolute Gasteiger partial charge is 0.256 e. The first-order valence-corrected chi connectivity index (χ1v) is 4.96. The van der Waals surface area contributed by atoms with E-state index in [2.05, 4.69) is 36.7 Å². The van der Waals surface area contributed by atoms with E-state index in [1.165, 1.54) is 5.56 Å². The van der Waals surface area contributed by atoms with E-state index >= 15 is 0 Å². The summed E-state index contributed by atoms with van der Waals surface area (Å²) in [7, 11) is 0. The molecule has 0 fully saturated rings. The molecule has 0 N–H and O–H groups in total. The molecule has 0 aliphatic heterocycles. The van der Waals surface area contributed by atoms with Crippen LogP contribution in [0.2, 0.25) is 0 Å². The minimum atomic E-state index is 1.04. The van der Waals surface area contributed by atoms with Crippen LogP contribution < -0.4 is 0 Å². The number of aryl methyl sites for hydroxylation is 1. The van der Waals surface area contributed by atoms with Crippen LogP contribution in [0.15, 0.2) is 49.2 Å². The van der Waals surface area contributed by atoms with Crippen LogP contribution in [-0.4, -0.2) is 4.98 Å². The Kier molecular flexibility index (Phi) is 2.64. The molecule has 0 radical (unpaired) electrons. The smallest absolute Gasteiger partial charge is 0.0737 e. The molecule has 74 valence electrons. The number of hydrogen-bond acceptors (Lipinski definition) is 1. The summed E-state index contributed by atoms with van der Waals surface area (Å²) in [5.74, 6) is 0. The predicted octanol–water partition coefficient (Wildman–Crippen LogP) is 3.70. The summed E-state index contributed by atoms with van der Waals surface area (Å²) < 4.78 is 0. The Morgan fingerprint density at radius 2 is 1.93 bits per heavy atom. The van der Waals surface area contributed by atoms with Crippen LogP contribution in [0.25, 0.3) is 17.3 Å². The lowest BCUT2D eigenvalue weighted by molar-refractivity contribution is 1.27. The van der Waals surface area contributed by atoms with Crippen molar-refractivity contribution in [2.75, 3.05) is 0 Å². The van der Waals surface area contributed by atoms with Crippen molar-refractivity contribution >= 4 is 6.08 Å². The van der Waals surface area contributed by atoms with Crippen LogP contribution in [0, 0.1) is 6.92 Å². The van der Waals surface area contributed by atoms with Gasteiger partial charge in [-0.1, -0.05) is 43.0 Å². The maximum Gasteiger partial charge on any atom is 0.0737 e. The molecule has 1 aromatic carbocycles. The highest BCUT2D eigenvalue weighted by molar-refractivity contribution is 5.73. The van der Waals surface area contributed by atoms with E-state index in [9.17, 15) is 0 Å². The monoisotopic (exact) mass is 195 g/mol. The Bertz CT molecular complexity index is 486. The highest BCUT2D eigenvalue weighted by Gasteiger charge is 2.05. The van der Waals surface area contributed by atoms with E-state index in [1.807, 2.05) is 30.5 Å². The molecular formula is C14H13N. The van der Waals surface area contributed by atoms with Crippen LogP contribution in [0.4, 0.5) is 0 Å². The van der Waals surface area contributed by atoms with Gasteiger partial charge in [0.25, 0.3) is 0 Å². The molecule has 2 aromatic rings. The number of aromatic nitrogens is 1. The molecule has 1 nitrogen and oxygen atoms in total. The second-order valence-corrected chi connectivity index (χ2v) is 3.46. The van der Waals surface area contributed by atoms with E-state index in [0.717, 1.165) is 16.8 Å². The predicted molar refractivity (Wildman–Crippen MR) is 64.5 cm³/mol. The Morgan fingerprint density at radius 1 is 1.13 bits per heavy atom. The molecule has 0 spiro atoms. The molecule has 1 aromatic heterocycles. The molecule has 0 bridgehead atoms. The molecule has 0 aliphatic carbocycles. The van der Waals surface area contributed by atoms with Crippen LogP contribution >= 0.6 is 0 Å². The van der Waals surface area contributed by atoms with Crippen LogP contribution in [0.5, 0.6) is 0 Å². The fourth-order valence-corrected chi connectivity index (χ4v) is 1.66. The SMILES string of the molecule is C=Cc1ccccc1-c1ncccc1C. The van der Waals surface area contributed by atoms with Gasteiger partial charge in [-0.15, -0.1) is 0 Å². The lowest BCUT2D eigenvalue weighted by atomic mass is 10.0. The van der Waals surface area contributed by atoms with Crippen molar-refractivity contribution in [3.63, 3.8) is 0 Å². The lowest BCUT2D eigenvalue weighted by Gasteiger charge is -2.07. The topological polar surface area (TPSA) is 12.9 Å². The molecule has 0 aliphatic rings. The third-order valence-electron chi connectivity index (χ3n) is 2.45. The highest BCUT2D eigenvalue weighted by atomic mass is 14.7. The van der Waals surface area contributed by atoms with Gasteiger partial charge in [-0.2, -0.15) is 0 Å². The van der Waals surface area contributed by atoms with Gasteiger partial charge in [0.1, 0.15) is 0 Å². The summed E-state index contributed by atoms with van der Waals surface area (Å²) in [5, 5.41) is 0.